The van der Waals surface area contributed by atoms with E-state index in [-0.39, 0.29) is 12.0 Å². The van der Waals surface area contributed by atoms with Crippen molar-refractivity contribution in [2.45, 2.75) is 33.8 Å². The molecule has 1 aromatic carbocycles. The van der Waals surface area contributed by atoms with Gasteiger partial charge in [-0.3, -0.25) is 10.1 Å². The number of hydrogen-bond acceptors (Lipinski definition) is 6. The second-order valence-electron chi connectivity index (χ2n) is 6.67. The van der Waals surface area contributed by atoms with Crippen LogP contribution in [-0.2, 0) is 14.3 Å². The average molecular weight is 392 g/mol. The van der Waals surface area contributed by atoms with E-state index < -0.39 is 24.5 Å². The number of ether oxygens (including phenoxy) is 3. The minimum atomic E-state index is -0.709. The Bertz CT molecular complexity index is 713. The first-order valence-corrected chi connectivity index (χ1v) is 8.98. The average Bonchev–Trinajstić information content (AvgIpc) is 2.63. The molecule has 0 atom stereocenters. The zero-order chi connectivity index (χ0) is 21.1. The third-order valence-corrected chi connectivity index (χ3v) is 3.23. The standard InChI is InChI=1S/C20H28N2O6/c1-13(2)11-21-20(25)22-18(23)12-27-19(24)9-7-15-6-8-16(28-14(3)4)17(10-15)26-5/h6-10,13-14H,11-12H2,1-5H3,(H2,21,22,23,25)/b9-7+. The highest BCUT2D eigenvalue weighted by molar-refractivity contribution is 5.96. The van der Waals surface area contributed by atoms with Crippen LogP contribution in [0.15, 0.2) is 24.3 Å². The van der Waals surface area contributed by atoms with Crippen molar-refractivity contribution < 1.29 is 28.6 Å². The molecule has 0 saturated heterocycles. The number of amides is 3. The summed E-state index contributed by atoms with van der Waals surface area (Å²) in [5.41, 5.74) is 0.697. The minimum absolute atomic E-state index is 0.00358. The molecule has 0 aliphatic heterocycles. The van der Waals surface area contributed by atoms with E-state index in [1.165, 1.54) is 19.3 Å². The van der Waals surface area contributed by atoms with Gasteiger partial charge < -0.3 is 19.5 Å². The molecule has 8 nitrogen and oxygen atoms in total. The first kappa shape index (κ1) is 23.0. The molecule has 1 aromatic rings. The Kier molecular flexibility index (Phi) is 9.56. The third-order valence-electron chi connectivity index (χ3n) is 3.23. The number of carbonyl (C=O) groups excluding carboxylic acids is 3. The highest BCUT2D eigenvalue weighted by Crippen LogP contribution is 2.29. The van der Waals surface area contributed by atoms with Crippen molar-refractivity contribution in [2.24, 2.45) is 5.92 Å². The molecular weight excluding hydrogens is 364 g/mol. The van der Waals surface area contributed by atoms with Gasteiger partial charge in [0.2, 0.25) is 0 Å². The molecule has 8 heteroatoms. The molecule has 0 unspecified atom stereocenters. The van der Waals surface area contributed by atoms with Crippen LogP contribution in [0.3, 0.4) is 0 Å². The first-order chi connectivity index (χ1) is 13.2. The summed E-state index contributed by atoms with van der Waals surface area (Å²) in [5, 5.41) is 4.61. The van der Waals surface area contributed by atoms with Crippen LogP contribution in [0.1, 0.15) is 33.3 Å². The summed E-state index contributed by atoms with van der Waals surface area (Å²) in [6.07, 6.45) is 2.71. The van der Waals surface area contributed by atoms with Crippen molar-refractivity contribution in [3.63, 3.8) is 0 Å². The molecule has 28 heavy (non-hydrogen) atoms. The summed E-state index contributed by atoms with van der Waals surface area (Å²) in [7, 11) is 1.53. The van der Waals surface area contributed by atoms with E-state index >= 15 is 0 Å². The van der Waals surface area contributed by atoms with Gasteiger partial charge in [0, 0.05) is 12.6 Å². The lowest BCUT2D eigenvalue weighted by Crippen LogP contribution is -2.42. The summed E-state index contributed by atoms with van der Waals surface area (Å²) in [5.74, 6) is -0.0202. The molecule has 0 aliphatic rings. The fraction of sp³-hybridized carbons (Fsp3) is 0.450. The maximum atomic E-state index is 11.7. The summed E-state index contributed by atoms with van der Waals surface area (Å²) in [6.45, 7) is 7.56. The van der Waals surface area contributed by atoms with Crippen molar-refractivity contribution in [1.82, 2.24) is 10.6 Å². The second kappa shape index (κ2) is 11.6. The zero-order valence-corrected chi connectivity index (χ0v) is 16.9. The molecule has 154 valence electrons. The monoisotopic (exact) mass is 392 g/mol. The van der Waals surface area contributed by atoms with Gasteiger partial charge in [-0.1, -0.05) is 19.9 Å². The lowest BCUT2D eigenvalue weighted by Gasteiger charge is -2.13. The Labute approximate surface area is 165 Å². The lowest BCUT2D eigenvalue weighted by molar-refractivity contribution is -0.143. The van der Waals surface area contributed by atoms with E-state index in [4.69, 9.17) is 14.2 Å². The van der Waals surface area contributed by atoms with Crippen LogP contribution >= 0.6 is 0 Å². The van der Waals surface area contributed by atoms with Gasteiger partial charge in [-0.05, 0) is 43.5 Å². The topological polar surface area (TPSA) is 103 Å². The third kappa shape index (κ3) is 9.07. The van der Waals surface area contributed by atoms with Crippen molar-refractivity contribution in [3.05, 3.63) is 29.8 Å². The highest BCUT2D eigenvalue weighted by Gasteiger charge is 2.10. The van der Waals surface area contributed by atoms with Crippen molar-refractivity contribution >= 4 is 24.0 Å². The minimum Gasteiger partial charge on any atom is -0.493 e. The summed E-state index contributed by atoms with van der Waals surface area (Å²) < 4.78 is 15.7. The molecule has 2 N–H and O–H groups in total. The van der Waals surface area contributed by atoms with E-state index in [1.54, 1.807) is 18.2 Å². The highest BCUT2D eigenvalue weighted by atomic mass is 16.5. The smallest absolute Gasteiger partial charge is 0.331 e. The van der Waals surface area contributed by atoms with Gasteiger partial charge in [0.05, 0.1) is 13.2 Å². The van der Waals surface area contributed by atoms with Gasteiger partial charge in [0.15, 0.2) is 18.1 Å². The van der Waals surface area contributed by atoms with E-state index in [0.717, 1.165) is 0 Å². The van der Waals surface area contributed by atoms with Crippen molar-refractivity contribution in [1.29, 1.82) is 0 Å². The molecule has 0 aromatic heterocycles. The molecule has 0 saturated carbocycles. The van der Waals surface area contributed by atoms with Gasteiger partial charge in [-0.2, -0.15) is 0 Å². The Balaban J connectivity index is 2.51. The van der Waals surface area contributed by atoms with Crippen molar-refractivity contribution in [3.8, 4) is 11.5 Å². The van der Waals surface area contributed by atoms with Crippen LogP contribution in [-0.4, -0.2) is 44.3 Å². The Morgan fingerprint density at radius 2 is 1.82 bits per heavy atom. The number of rotatable bonds is 9. The number of carbonyl (C=O) groups is 3. The predicted molar refractivity (Wildman–Crippen MR) is 105 cm³/mol. The molecule has 0 fully saturated rings. The number of imide groups is 1. The Hall–Kier alpha value is -3.03. The van der Waals surface area contributed by atoms with Crippen LogP contribution in [0, 0.1) is 5.92 Å². The zero-order valence-electron chi connectivity index (χ0n) is 16.9. The van der Waals surface area contributed by atoms with Gasteiger partial charge >= 0.3 is 12.0 Å². The molecule has 1 rings (SSSR count). The Morgan fingerprint density at radius 1 is 1.11 bits per heavy atom. The lowest BCUT2D eigenvalue weighted by atomic mass is 10.2. The SMILES string of the molecule is COc1cc(/C=C/C(=O)OCC(=O)NC(=O)NCC(C)C)ccc1OC(C)C. The Morgan fingerprint density at radius 3 is 2.43 bits per heavy atom. The molecule has 0 aliphatic carbocycles. The van der Waals surface area contributed by atoms with E-state index in [2.05, 4.69) is 10.6 Å². The van der Waals surface area contributed by atoms with Crippen LogP contribution in [0.25, 0.3) is 6.08 Å². The summed E-state index contributed by atoms with van der Waals surface area (Å²) in [4.78, 5) is 34.8. The second-order valence-corrected chi connectivity index (χ2v) is 6.67. The van der Waals surface area contributed by atoms with Gasteiger partial charge in [-0.15, -0.1) is 0 Å². The van der Waals surface area contributed by atoms with E-state index in [1.807, 2.05) is 27.7 Å². The molecule has 0 spiro atoms. The molecule has 3 amide bonds. The largest absolute Gasteiger partial charge is 0.493 e. The molecule has 0 bridgehead atoms. The number of nitrogens with one attached hydrogen (secondary N) is 2. The normalized spacial score (nSPS) is 10.8. The van der Waals surface area contributed by atoms with Crippen LogP contribution in [0.4, 0.5) is 4.79 Å². The first-order valence-electron chi connectivity index (χ1n) is 8.98. The molecule has 0 heterocycles. The van der Waals surface area contributed by atoms with Gasteiger partial charge in [0.25, 0.3) is 5.91 Å². The maximum absolute atomic E-state index is 11.7. The van der Waals surface area contributed by atoms with Crippen LogP contribution < -0.4 is 20.1 Å². The summed E-state index contributed by atoms with van der Waals surface area (Å²) in [6, 6.07) is 4.59. The number of methoxy groups -OCH3 is 1. The summed E-state index contributed by atoms with van der Waals surface area (Å²) >= 11 is 0. The fourth-order valence-electron chi connectivity index (χ4n) is 1.99. The molecular formula is C20H28N2O6. The molecule has 0 radical (unpaired) electrons. The number of esters is 1. The van der Waals surface area contributed by atoms with E-state index in [0.29, 0.717) is 23.6 Å². The van der Waals surface area contributed by atoms with Crippen LogP contribution in [0.5, 0.6) is 11.5 Å². The number of hydrogen-bond donors (Lipinski definition) is 2. The maximum Gasteiger partial charge on any atom is 0.331 e. The fourth-order valence-corrected chi connectivity index (χ4v) is 1.99. The number of benzene rings is 1. The quantitative estimate of drug-likeness (QED) is 0.494. The van der Waals surface area contributed by atoms with Gasteiger partial charge in [-0.25, -0.2) is 9.59 Å². The van der Waals surface area contributed by atoms with Crippen molar-refractivity contribution in [2.75, 3.05) is 20.3 Å². The number of urea groups is 1. The van der Waals surface area contributed by atoms with E-state index in [9.17, 15) is 14.4 Å². The predicted octanol–water partition coefficient (Wildman–Crippen LogP) is 2.52. The van der Waals surface area contributed by atoms with Crippen LogP contribution in [0.2, 0.25) is 0 Å². The van der Waals surface area contributed by atoms with Gasteiger partial charge in [0.1, 0.15) is 0 Å².